The third-order valence-electron chi connectivity index (χ3n) is 6.22. The molecule has 0 N–H and O–H groups in total. The molecule has 1 unspecified atom stereocenters. The number of hydrogen-bond acceptors (Lipinski definition) is 3. The maximum atomic E-state index is 12.6. The van der Waals surface area contributed by atoms with Crippen molar-refractivity contribution in [3.05, 3.63) is 12.7 Å². The van der Waals surface area contributed by atoms with Gasteiger partial charge in [0, 0.05) is 24.4 Å². The molecular weight excluding hydrogens is 276 g/mol. The molecule has 3 fully saturated rings. The standard InChI is InChI=1S/C19H30O3/c1-5-9-19(4)14(20)11-13-12-18(2,3)17(16(13)19)22-15-8-6-7-10-21-15/h5,13,15-17H,1,6-12H2,2-4H3/t13-,15?,16-,17-,19+/m0/s1. The van der Waals surface area contributed by atoms with Gasteiger partial charge in [-0.25, -0.2) is 0 Å². The average molecular weight is 306 g/mol. The summed E-state index contributed by atoms with van der Waals surface area (Å²) < 4.78 is 12.3. The van der Waals surface area contributed by atoms with Crippen LogP contribution in [0.2, 0.25) is 0 Å². The van der Waals surface area contributed by atoms with Gasteiger partial charge in [-0.2, -0.15) is 0 Å². The summed E-state index contributed by atoms with van der Waals surface area (Å²) in [6.07, 6.45) is 7.76. The van der Waals surface area contributed by atoms with Crippen molar-refractivity contribution in [3.8, 4) is 0 Å². The van der Waals surface area contributed by atoms with E-state index >= 15 is 0 Å². The van der Waals surface area contributed by atoms with E-state index < -0.39 is 0 Å². The lowest BCUT2D eigenvalue weighted by molar-refractivity contribution is -0.218. The van der Waals surface area contributed by atoms with Crippen LogP contribution in [0.3, 0.4) is 0 Å². The zero-order valence-electron chi connectivity index (χ0n) is 14.3. The fraction of sp³-hybridized carbons (Fsp3) is 0.842. The maximum absolute atomic E-state index is 12.6. The minimum absolute atomic E-state index is 0.0829. The number of rotatable bonds is 4. The van der Waals surface area contributed by atoms with Crippen molar-refractivity contribution in [1.82, 2.24) is 0 Å². The summed E-state index contributed by atoms with van der Waals surface area (Å²) >= 11 is 0. The second-order valence-corrected chi connectivity index (χ2v) is 8.37. The first-order valence-electron chi connectivity index (χ1n) is 8.80. The Labute approximate surface area is 134 Å². The van der Waals surface area contributed by atoms with Gasteiger partial charge in [0.05, 0.1) is 6.10 Å². The normalized spacial score (nSPS) is 44.0. The predicted octanol–water partition coefficient (Wildman–Crippen LogP) is 4.12. The molecule has 2 aliphatic carbocycles. The molecule has 3 heteroatoms. The maximum Gasteiger partial charge on any atom is 0.157 e. The van der Waals surface area contributed by atoms with Gasteiger partial charge in [-0.05, 0) is 43.4 Å². The van der Waals surface area contributed by atoms with Crippen LogP contribution in [0.15, 0.2) is 12.7 Å². The molecule has 1 heterocycles. The number of Topliss-reactive ketones (excluding diaryl/α,β-unsaturated/α-hetero) is 1. The molecule has 1 saturated heterocycles. The molecule has 0 aromatic heterocycles. The van der Waals surface area contributed by atoms with Gasteiger partial charge in [-0.1, -0.05) is 26.8 Å². The van der Waals surface area contributed by atoms with Gasteiger partial charge in [-0.3, -0.25) is 4.79 Å². The first kappa shape index (κ1) is 16.2. The average Bonchev–Trinajstić information content (AvgIpc) is 2.83. The van der Waals surface area contributed by atoms with Gasteiger partial charge in [0.2, 0.25) is 0 Å². The van der Waals surface area contributed by atoms with E-state index in [1.54, 1.807) is 0 Å². The first-order valence-corrected chi connectivity index (χ1v) is 8.80. The van der Waals surface area contributed by atoms with Crippen LogP contribution < -0.4 is 0 Å². The molecule has 2 saturated carbocycles. The van der Waals surface area contributed by atoms with Crippen LogP contribution in [0.1, 0.15) is 59.3 Å². The summed E-state index contributed by atoms with van der Waals surface area (Å²) in [4.78, 5) is 12.6. The highest BCUT2D eigenvalue weighted by molar-refractivity contribution is 5.88. The lowest BCUT2D eigenvalue weighted by Crippen LogP contribution is -2.44. The molecule has 124 valence electrons. The van der Waals surface area contributed by atoms with Gasteiger partial charge >= 0.3 is 0 Å². The van der Waals surface area contributed by atoms with E-state index in [0.717, 1.165) is 32.3 Å². The number of carbonyl (C=O) groups excluding carboxylic acids is 1. The summed E-state index contributed by atoms with van der Waals surface area (Å²) in [5, 5.41) is 0. The molecule has 0 radical (unpaired) electrons. The van der Waals surface area contributed by atoms with E-state index in [0.29, 0.717) is 24.0 Å². The van der Waals surface area contributed by atoms with E-state index in [1.165, 1.54) is 6.42 Å². The van der Waals surface area contributed by atoms with Crippen LogP contribution in [-0.2, 0) is 14.3 Å². The number of fused-ring (bicyclic) bond motifs is 1. The Kier molecular flexibility index (Phi) is 4.24. The minimum Gasteiger partial charge on any atom is -0.353 e. The van der Waals surface area contributed by atoms with Crippen molar-refractivity contribution in [3.63, 3.8) is 0 Å². The van der Waals surface area contributed by atoms with Gasteiger partial charge in [0.1, 0.15) is 5.78 Å². The van der Waals surface area contributed by atoms with Gasteiger partial charge in [-0.15, -0.1) is 6.58 Å². The van der Waals surface area contributed by atoms with Crippen molar-refractivity contribution in [2.75, 3.05) is 6.61 Å². The Bertz CT molecular complexity index is 450. The number of ether oxygens (including phenoxy) is 2. The summed E-state index contributed by atoms with van der Waals surface area (Å²) in [6, 6.07) is 0. The zero-order chi connectivity index (χ0) is 16.0. The number of allylic oxidation sites excluding steroid dienone is 1. The highest BCUT2D eigenvalue weighted by atomic mass is 16.7. The van der Waals surface area contributed by atoms with E-state index in [2.05, 4.69) is 27.4 Å². The fourth-order valence-corrected chi connectivity index (χ4v) is 5.16. The monoisotopic (exact) mass is 306 g/mol. The molecule has 3 nitrogen and oxygen atoms in total. The molecule has 5 atom stereocenters. The molecule has 0 spiro atoms. The van der Waals surface area contributed by atoms with E-state index in [4.69, 9.17) is 9.47 Å². The van der Waals surface area contributed by atoms with E-state index in [1.807, 2.05) is 6.08 Å². The zero-order valence-corrected chi connectivity index (χ0v) is 14.3. The summed E-state index contributed by atoms with van der Waals surface area (Å²) in [6.45, 7) is 11.4. The Hall–Kier alpha value is -0.670. The van der Waals surface area contributed by atoms with Crippen molar-refractivity contribution in [2.24, 2.45) is 22.7 Å². The minimum atomic E-state index is -0.306. The molecule has 0 aromatic carbocycles. The van der Waals surface area contributed by atoms with Crippen LogP contribution in [0.4, 0.5) is 0 Å². The lowest BCUT2D eigenvalue weighted by Gasteiger charge is -2.40. The Balaban J connectivity index is 1.84. The quantitative estimate of drug-likeness (QED) is 0.733. The molecule has 0 aromatic rings. The van der Waals surface area contributed by atoms with Crippen molar-refractivity contribution < 1.29 is 14.3 Å². The second-order valence-electron chi connectivity index (χ2n) is 8.37. The smallest absolute Gasteiger partial charge is 0.157 e. The molecule has 22 heavy (non-hydrogen) atoms. The van der Waals surface area contributed by atoms with E-state index in [-0.39, 0.29) is 23.2 Å². The SMILES string of the molecule is C=CC[C@]1(C)C(=O)C[C@H]2CC(C)(C)[C@@H](OC3CCCCO3)[C@H]21. The van der Waals surface area contributed by atoms with Crippen LogP contribution >= 0.6 is 0 Å². The highest BCUT2D eigenvalue weighted by Gasteiger charge is 2.62. The predicted molar refractivity (Wildman–Crippen MR) is 86.4 cm³/mol. The lowest BCUT2D eigenvalue weighted by atomic mass is 9.71. The topological polar surface area (TPSA) is 35.5 Å². The Morgan fingerprint density at radius 3 is 2.77 bits per heavy atom. The third kappa shape index (κ3) is 2.56. The van der Waals surface area contributed by atoms with Crippen LogP contribution in [0.25, 0.3) is 0 Å². The Morgan fingerprint density at radius 1 is 1.36 bits per heavy atom. The van der Waals surface area contributed by atoms with Crippen LogP contribution in [0.5, 0.6) is 0 Å². The van der Waals surface area contributed by atoms with Gasteiger partial charge < -0.3 is 9.47 Å². The van der Waals surface area contributed by atoms with Crippen LogP contribution in [-0.4, -0.2) is 24.8 Å². The Morgan fingerprint density at radius 2 is 2.14 bits per heavy atom. The summed E-state index contributed by atoms with van der Waals surface area (Å²) in [7, 11) is 0. The van der Waals surface area contributed by atoms with Crippen molar-refractivity contribution in [1.29, 1.82) is 0 Å². The highest BCUT2D eigenvalue weighted by Crippen LogP contribution is 2.61. The fourth-order valence-electron chi connectivity index (χ4n) is 5.16. The summed E-state index contributed by atoms with van der Waals surface area (Å²) in [5.41, 5.74) is -0.196. The molecule has 1 aliphatic heterocycles. The van der Waals surface area contributed by atoms with Gasteiger partial charge in [0.25, 0.3) is 0 Å². The molecule has 3 rings (SSSR count). The largest absolute Gasteiger partial charge is 0.353 e. The molecule has 0 bridgehead atoms. The number of carbonyl (C=O) groups is 1. The molecule has 3 aliphatic rings. The van der Waals surface area contributed by atoms with E-state index in [9.17, 15) is 4.79 Å². The third-order valence-corrected chi connectivity index (χ3v) is 6.22. The molecular formula is C19H30O3. The van der Waals surface area contributed by atoms with Crippen molar-refractivity contribution >= 4 is 5.78 Å². The van der Waals surface area contributed by atoms with Crippen LogP contribution in [0, 0.1) is 22.7 Å². The second kappa shape index (κ2) is 5.76. The van der Waals surface area contributed by atoms with Crippen molar-refractivity contribution in [2.45, 2.75) is 71.7 Å². The first-order chi connectivity index (χ1) is 10.4. The number of hydrogen-bond donors (Lipinski definition) is 0. The molecule has 0 amide bonds. The summed E-state index contributed by atoms with van der Waals surface area (Å²) in [5.74, 6) is 1.16. The van der Waals surface area contributed by atoms with Gasteiger partial charge in [0.15, 0.2) is 6.29 Å². The number of ketones is 1.